The zero-order valence-electron chi connectivity index (χ0n) is 14.3. The van der Waals surface area contributed by atoms with Crippen molar-refractivity contribution >= 4 is 5.65 Å². The molecule has 1 fully saturated rings. The highest BCUT2D eigenvalue weighted by molar-refractivity contribution is 5.60. The zero-order valence-corrected chi connectivity index (χ0v) is 14.3. The van der Waals surface area contributed by atoms with Crippen LogP contribution in [0.5, 0.6) is 5.75 Å². The third-order valence-electron chi connectivity index (χ3n) is 4.43. The van der Waals surface area contributed by atoms with Gasteiger partial charge in [-0.25, -0.2) is 0 Å². The summed E-state index contributed by atoms with van der Waals surface area (Å²) < 4.78 is 48.3. The summed E-state index contributed by atoms with van der Waals surface area (Å²) >= 11 is 0. The summed E-state index contributed by atoms with van der Waals surface area (Å²) in [4.78, 5) is 4.32. The molecule has 142 valence electrons. The Morgan fingerprint density at radius 1 is 1.15 bits per heavy atom. The summed E-state index contributed by atoms with van der Waals surface area (Å²) in [5.41, 5.74) is 1.88. The SMILES string of the molecule is FC(F)(F)Oc1ccc(-c2cn3c(C[C@H]4CCCCO4)nnc3cn2)cc1. The van der Waals surface area contributed by atoms with Crippen molar-refractivity contribution in [2.75, 3.05) is 6.61 Å². The number of aromatic nitrogens is 4. The number of alkyl halides is 3. The fraction of sp³-hybridized carbons (Fsp3) is 0.389. The van der Waals surface area contributed by atoms with Crippen LogP contribution in [0.25, 0.3) is 16.9 Å². The molecule has 1 aliphatic heterocycles. The Hall–Kier alpha value is -2.68. The van der Waals surface area contributed by atoms with Gasteiger partial charge < -0.3 is 9.47 Å². The van der Waals surface area contributed by atoms with Crippen LogP contribution in [0.1, 0.15) is 25.1 Å². The maximum absolute atomic E-state index is 12.3. The first-order valence-electron chi connectivity index (χ1n) is 8.65. The summed E-state index contributed by atoms with van der Waals surface area (Å²) in [6, 6.07) is 5.59. The normalized spacial score (nSPS) is 18.0. The number of hydrogen-bond donors (Lipinski definition) is 0. The summed E-state index contributed by atoms with van der Waals surface area (Å²) in [5, 5.41) is 8.35. The maximum atomic E-state index is 12.3. The third-order valence-corrected chi connectivity index (χ3v) is 4.43. The first-order chi connectivity index (χ1) is 13.0. The van der Waals surface area contributed by atoms with Crippen LogP contribution in [0.2, 0.25) is 0 Å². The molecule has 27 heavy (non-hydrogen) atoms. The van der Waals surface area contributed by atoms with Gasteiger partial charge in [-0.3, -0.25) is 9.38 Å². The summed E-state index contributed by atoms with van der Waals surface area (Å²) in [6.07, 6.45) is 2.66. The molecular weight excluding hydrogens is 361 g/mol. The molecule has 0 aliphatic carbocycles. The molecule has 0 radical (unpaired) electrons. The second-order valence-corrected chi connectivity index (χ2v) is 6.38. The standard InChI is InChI=1S/C18H17F3N4O2/c19-18(20,21)27-13-6-4-12(5-7-13)15-11-25-16(23-24-17(25)10-22-15)9-14-3-1-2-8-26-14/h4-7,10-11,14H,1-3,8-9H2/t14-/m1/s1. The average molecular weight is 378 g/mol. The third kappa shape index (κ3) is 4.19. The minimum absolute atomic E-state index is 0.126. The van der Waals surface area contributed by atoms with Gasteiger partial charge in [0.25, 0.3) is 0 Å². The molecule has 1 atom stereocenters. The van der Waals surface area contributed by atoms with Crippen LogP contribution in [0.3, 0.4) is 0 Å². The van der Waals surface area contributed by atoms with Gasteiger partial charge in [0.2, 0.25) is 0 Å². The van der Waals surface area contributed by atoms with E-state index >= 15 is 0 Å². The maximum Gasteiger partial charge on any atom is 0.573 e. The van der Waals surface area contributed by atoms with Gasteiger partial charge >= 0.3 is 6.36 Å². The van der Waals surface area contributed by atoms with Crippen LogP contribution in [0, 0.1) is 0 Å². The molecule has 2 aromatic heterocycles. The Morgan fingerprint density at radius 2 is 1.96 bits per heavy atom. The number of hydrogen-bond acceptors (Lipinski definition) is 5. The van der Waals surface area contributed by atoms with Crippen LogP contribution in [-0.2, 0) is 11.2 Å². The molecule has 0 amide bonds. The quantitative estimate of drug-likeness (QED) is 0.691. The van der Waals surface area contributed by atoms with Crippen molar-refractivity contribution in [1.82, 2.24) is 19.6 Å². The highest BCUT2D eigenvalue weighted by atomic mass is 19.4. The molecule has 3 heterocycles. The molecule has 0 saturated carbocycles. The van der Waals surface area contributed by atoms with Gasteiger partial charge in [0.1, 0.15) is 11.6 Å². The van der Waals surface area contributed by atoms with Gasteiger partial charge in [0, 0.05) is 24.8 Å². The Labute approximate surface area is 153 Å². The number of benzene rings is 1. The van der Waals surface area contributed by atoms with Crippen LogP contribution in [-0.4, -0.2) is 38.7 Å². The lowest BCUT2D eigenvalue weighted by molar-refractivity contribution is -0.274. The largest absolute Gasteiger partial charge is 0.573 e. The lowest BCUT2D eigenvalue weighted by Crippen LogP contribution is -2.22. The van der Waals surface area contributed by atoms with Crippen molar-refractivity contribution in [2.24, 2.45) is 0 Å². The Morgan fingerprint density at radius 3 is 2.67 bits per heavy atom. The molecule has 0 N–H and O–H groups in total. The Balaban J connectivity index is 1.58. The molecular formula is C18H17F3N4O2. The van der Waals surface area contributed by atoms with E-state index in [0.29, 0.717) is 23.3 Å². The van der Waals surface area contributed by atoms with Gasteiger partial charge in [0.05, 0.1) is 18.0 Å². The lowest BCUT2D eigenvalue weighted by Gasteiger charge is -2.21. The van der Waals surface area contributed by atoms with E-state index in [1.54, 1.807) is 12.4 Å². The van der Waals surface area contributed by atoms with E-state index in [4.69, 9.17) is 4.74 Å². The molecule has 4 rings (SSSR count). The van der Waals surface area contributed by atoms with E-state index in [1.165, 1.54) is 24.3 Å². The minimum atomic E-state index is -4.71. The average Bonchev–Trinajstić information content (AvgIpc) is 3.04. The van der Waals surface area contributed by atoms with Crippen molar-refractivity contribution in [2.45, 2.75) is 38.1 Å². The molecule has 0 spiro atoms. The summed E-state index contributed by atoms with van der Waals surface area (Å²) in [6.45, 7) is 0.764. The Kier molecular flexibility index (Phi) is 4.69. The van der Waals surface area contributed by atoms with Gasteiger partial charge in [-0.1, -0.05) is 0 Å². The summed E-state index contributed by atoms with van der Waals surface area (Å²) in [5.74, 6) is 0.504. The molecule has 9 heteroatoms. The number of fused-ring (bicyclic) bond motifs is 1. The van der Waals surface area contributed by atoms with Crippen LogP contribution < -0.4 is 4.74 Å². The Bertz CT molecular complexity index is 918. The van der Waals surface area contributed by atoms with Crippen molar-refractivity contribution in [1.29, 1.82) is 0 Å². The molecule has 1 saturated heterocycles. The molecule has 1 aromatic carbocycles. The smallest absolute Gasteiger partial charge is 0.406 e. The highest BCUT2D eigenvalue weighted by Gasteiger charge is 2.31. The van der Waals surface area contributed by atoms with Crippen molar-refractivity contribution in [3.05, 3.63) is 42.5 Å². The molecule has 3 aromatic rings. The number of nitrogens with zero attached hydrogens (tertiary/aromatic N) is 4. The van der Waals surface area contributed by atoms with Crippen molar-refractivity contribution in [3.8, 4) is 17.0 Å². The van der Waals surface area contributed by atoms with Crippen LogP contribution >= 0.6 is 0 Å². The predicted molar refractivity (Wildman–Crippen MR) is 90.2 cm³/mol. The lowest BCUT2D eigenvalue weighted by atomic mass is 10.1. The predicted octanol–water partition coefficient (Wildman–Crippen LogP) is 3.80. The highest BCUT2D eigenvalue weighted by Crippen LogP contribution is 2.26. The van der Waals surface area contributed by atoms with Crippen LogP contribution in [0.15, 0.2) is 36.7 Å². The second-order valence-electron chi connectivity index (χ2n) is 6.38. The molecule has 6 nitrogen and oxygen atoms in total. The second kappa shape index (κ2) is 7.15. The van der Waals surface area contributed by atoms with Gasteiger partial charge in [0.15, 0.2) is 5.65 Å². The monoisotopic (exact) mass is 378 g/mol. The van der Waals surface area contributed by atoms with Gasteiger partial charge in [-0.05, 0) is 43.5 Å². The van der Waals surface area contributed by atoms with Crippen molar-refractivity contribution in [3.63, 3.8) is 0 Å². The molecule has 1 aliphatic rings. The fourth-order valence-corrected chi connectivity index (χ4v) is 3.14. The first kappa shape index (κ1) is 17.7. The van der Waals surface area contributed by atoms with E-state index in [-0.39, 0.29) is 11.9 Å². The van der Waals surface area contributed by atoms with Gasteiger partial charge in [-0.2, -0.15) is 0 Å². The molecule has 0 bridgehead atoms. The van der Waals surface area contributed by atoms with E-state index in [9.17, 15) is 13.2 Å². The summed E-state index contributed by atoms with van der Waals surface area (Å²) in [7, 11) is 0. The molecule has 0 unspecified atom stereocenters. The fourth-order valence-electron chi connectivity index (χ4n) is 3.14. The first-order valence-corrected chi connectivity index (χ1v) is 8.65. The number of ether oxygens (including phenoxy) is 2. The van der Waals surface area contributed by atoms with Crippen LogP contribution in [0.4, 0.5) is 13.2 Å². The minimum Gasteiger partial charge on any atom is -0.406 e. The van der Waals surface area contributed by atoms with Crippen molar-refractivity contribution < 1.29 is 22.6 Å². The van der Waals surface area contributed by atoms with E-state index in [2.05, 4.69) is 19.9 Å². The number of rotatable bonds is 4. The van der Waals surface area contributed by atoms with Gasteiger partial charge in [-0.15, -0.1) is 23.4 Å². The van der Waals surface area contributed by atoms with E-state index in [1.807, 2.05) is 4.40 Å². The van der Waals surface area contributed by atoms with E-state index < -0.39 is 6.36 Å². The van der Waals surface area contributed by atoms with E-state index in [0.717, 1.165) is 31.7 Å². The zero-order chi connectivity index (χ0) is 18.9. The topological polar surface area (TPSA) is 61.5 Å². The number of halogens is 3.